The van der Waals surface area contributed by atoms with Crippen molar-refractivity contribution >= 4 is 36.4 Å². The van der Waals surface area contributed by atoms with E-state index >= 15 is 0 Å². The summed E-state index contributed by atoms with van der Waals surface area (Å²) in [6, 6.07) is 21.2. The number of rotatable bonds is 14. The maximum atomic E-state index is 13.3. The molecule has 0 aromatic heterocycles. The van der Waals surface area contributed by atoms with Gasteiger partial charge in [-0.3, -0.25) is 0 Å². The molecule has 0 spiro atoms. The number of carbonyl (C=O) groups is 1. The Morgan fingerprint density at radius 3 is 2.19 bits per heavy atom. The molecule has 0 amide bonds. The van der Waals surface area contributed by atoms with Crippen LogP contribution < -0.4 is 9.92 Å². The molecule has 0 radical (unpaired) electrons. The molecule has 3 rings (SSSR count). The summed E-state index contributed by atoms with van der Waals surface area (Å²) in [6.45, 7) is 8.39. The van der Waals surface area contributed by atoms with Gasteiger partial charge in [0.1, 0.15) is 51.4 Å². The number of oxime groups is 3. The van der Waals surface area contributed by atoms with Crippen LogP contribution in [0.3, 0.4) is 0 Å². The summed E-state index contributed by atoms with van der Waals surface area (Å²) in [6.07, 6.45) is 0.542. The van der Waals surface area contributed by atoms with E-state index in [1.807, 2.05) is 49.4 Å². The van der Waals surface area contributed by atoms with Crippen molar-refractivity contribution in [1.82, 2.24) is 0 Å². The van der Waals surface area contributed by atoms with E-state index in [0.717, 1.165) is 10.8 Å². The Hall–Kier alpha value is -4.51. The Kier molecular flexibility index (Phi) is 11.8. The third-order valence-corrected chi connectivity index (χ3v) is 9.00. The Morgan fingerprint density at radius 1 is 0.857 bits per heavy atom. The molecular weight excluding hydrogens is 557 g/mol. The molecule has 0 aliphatic carbocycles. The highest BCUT2D eigenvalue weighted by atomic mass is 28.3. The minimum absolute atomic E-state index is 0.0181. The van der Waals surface area contributed by atoms with E-state index in [9.17, 15) is 9.18 Å². The predicted octanol–water partition coefficient (Wildman–Crippen LogP) is 5.22. The minimum Gasteiger partial charge on any atom is -0.497 e. The van der Waals surface area contributed by atoms with Crippen molar-refractivity contribution in [2.45, 2.75) is 33.5 Å². The van der Waals surface area contributed by atoms with Gasteiger partial charge in [0.05, 0.1) is 13.3 Å². The third kappa shape index (κ3) is 8.74. The second-order valence-corrected chi connectivity index (χ2v) is 14.4. The molecule has 0 atom stereocenters. The number of hydrogen-bond acceptors (Lipinski definition) is 9. The molecule has 3 aromatic rings. The smallest absolute Gasteiger partial charge is 0.360 e. The van der Waals surface area contributed by atoms with E-state index in [4.69, 9.17) is 24.0 Å². The van der Waals surface area contributed by atoms with Gasteiger partial charge >= 0.3 is 5.97 Å². The molecule has 42 heavy (non-hydrogen) atoms. The zero-order valence-electron chi connectivity index (χ0n) is 24.7. The minimum atomic E-state index is -1.93. The van der Waals surface area contributed by atoms with Crippen LogP contribution in [-0.2, 0) is 30.7 Å². The third-order valence-electron chi connectivity index (χ3n) is 6.24. The van der Waals surface area contributed by atoms with E-state index in [1.54, 1.807) is 25.1 Å². The van der Waals surface area contributed by atoms with E-state index in [2.05, 4.69) is 28.6 Å². The number of esters is 1. The van der Waals surface area contributed by atoms with Crippen molar-refractivity contribution < 1.29 is 33.2 Å². The van der Waals surface area contributed by atoms with Crippen molar-refractivity contribution in [1.29, 1.82) is 0 Å². The molecule has 0 N–H and O–H groups in total. The van der Waals surface area contributed by atoms with Crippen LogP contribution in [0.25, 0.3) is 0 Å². The van der Waals surface area contributed by atoms with Gasteiger partial charge in [0.15, 0.2) is 5.71 Å². The Labute approximate surface area is 246 Å². The van der Waals surface area contributed by atoms with E-state index in [1.165, 1.54) is 26.4 Å². The zero-order valence-corrected chi connectivity index (χ0v) is 25.7. The number of ether oxygens (including phenoxy) is 2. The van der Waals surface area contributed by atoms with Gasteiger partial charge in [0.25, 0.3) is 0 Å². The number of benzene rings is 3. The standard InChI is InChI=1S/C31H36FN3O6Si/c1-7-40-35-29(22(2)33-41-20-24-10-8-9-11-28(24)30(34-38-4)31(36)37-3)23-12-16-26(17-13-23)39-21-42(5,6)27-18-14-25(32)15-19-27/h8-19H,7,20-21H2,1-6H3. The molecule has 0 aliphatic rings. The van der Waals surface area contributed by atoms with Gasteiger partial charge < -0.3 is 24.0 Å². The van der Waals surface area contributed by atoms with Crippen LogP contribution in [0.2, 0.25) is 13.1 Å². The largest absolute Gasteiger partial charge is 0.497 e. The SMILES string of the molecule is CCON=C(C(C)=NOCc1ccccc1C(=NOC)C(=O)OC)c1ccc(OC[Si](C)(C)c2ccc(F)cc2)cc1. The normalized spacial score (nSPS) is 12.5. The number of hydrogen-bond donors (Lipinski definition) is 0. The van der Waals surface area contributed by atoms with E-state index in [-0.39, 0.29) is 18.1 Å². The molecule has 3 aromatic carbocycles. The van der Waals surface area contributed by atoms with Crippen LogP contribution in [0.15, 0.2) is 88.3 Å². The average Bonchev–Trinajstić information content (AvgIpc) is 3.00. The lowest BCUT2D eigenvalue weighted by atomic mass is 10.0. The maximum absolute atomic E-state index is 13.3. The quantitative estimate of drug-likeness (QED) is 0.110. The Morgan fingerprint density at radius 2 is 1.55 bits per heavy atom. The Bertz CT molecular complexity index is 1420. The summed E-state index contributed by atoms with van der Waals surface area (Å²) < 4.78 is 24.3. The maximum Gasteiger partial charge on any atom is 0.360 e. The first-order chi connectivity index (χ1) is 20.2. The second-order valence-electron chi connectivity index (χ2n) is 9.78. The first kappa shape index (κ1) is 32.0. The summed E-state index contributed by atoms with van der Waals surface area (Å²) in [4.78, 5) is 28.1. The van der Waals surface area contributed by atoms with Crippen LogP contribution in [-0.4, -0.2) is 58.2 Å². The van der Waals surface area contributed by atoms with Crippen LogP contribution in [0, 0.1) is 5.82 Å². The summed E-state index contributed by atoms with van der Waals surface area (Å²) in [5.41, 5.74) is 2.92. The van der Waals surface area contributed by atoms with Gasteiger partial charge in [0.2, 0.25) is 0 Å². The highest BCUT2D eigenvalue weighted by molar-refractivity contribution is 6.89. The molecule has 9 nitrogen and oxygen atoms in total. The van der Waals surface area contributed by atoms with Crippen molar-refractivity contribution in [2.24, 2.45) is 15.5 Å². The van der Waals surface area contributed by atoms with Crippen molar-refractivity contribution in [3.8, 4) is 5.75 Å². The van der Waals surface area contributed by atoms with Gasteiger partial charge in [-0.2, -0.15) is 0 Å². The summed E-state index contributed by atoms with van der Waals surface area (Å²) in [5.74, 6) is -0.175. The zero-order chi connectivity index (χ0) is 30.5. The molecule has 0 bridgehead atoms. The topological polar surface area (TPSA) is 100 Å². The lowest BCUT2D eigenvalue weighted by Crippen LogP contribution is -2.47. The number of nitrogens with zero attached hydrogens (tertiary/aromatic N) is 3. The van der Waals surface area contributed by atoms with Crippen LogP contribution in [0.4, 0.5) is 4.39 Å². The lowest BCUT2D eigenvalue weighted by Gasteiger charge is -2.23. The fraction of sp³-hybridized carbons (Fsp3) is 0.290. The first-order valence-corrected chi connectivity index (χ1v) is 16.5. The molecule has 0 unspecified atom stereocenters. The second kappa shape index (κ2) is 15.5. The van der Waals surface area contributed by atoms with Crippen molar-refractivity contribution in [3.63, 3.8) is 0 Å². The van der Waals surface area contributed by atoms with Crippen LogP contribution >= 0.6 is 0 Å². The van der Waals surface area contributed by atoms with Crippen LogP contribution in [0.1, 0.15) is 30.5 Å². The van der Waals surface area contributed by atoms with Gasteiger partial charge in [-0.1, -0.05) is 70.1 Å². The Balaban J connectivity index is 1.73. The van der Waals surface area contributed by atoms with E-state index < -0.39 is 14.0 Å². The predicted molar refractivity (Wildman–Crippen MR) is 164 cm³/mol. The molecule has 0 aliphatic heterocycles. The number of methoxy groups -OCH3 is 1. The van der Waals surface area contributed by atoms with Crippen molar-refractivity contribution in [3.05, 3.63) is 95.3 Å². The average molecular weight is 594 g/mol. The summed E-state index contributed by atoms with van der Waals surface area (Å²) in [7, 11) is 0.692. The van der Waals surface area contributed by atoms with Gasteiger partial charge in [-0.15, -0.1) is 0 Å². The molecule has 0 fully saturated rings. The number of carbonyl (C=O) groups excluding carboxylic acids is 1. The highest BCUT2D eigenvalue weighted by Gasteiger charge is 2.25. The first-order valence-electron chi connectivity index (χ1n) is 13.3. The molecule has 222 valence electrons. The molecule has 0 saturated carbocycles. The molecule has 0 heterocycles. The van der Waals surface area contributed by atoms with Crippen LogP contribution in [0.5, 0.6) is 5.75 Å². The fourth-order valence-electron chi connectivity index (χ4n) is 3.92. The lowest BCUT2D eigenvalue weighted by molar-refractivity contribution is -0.132. The van der Waals surface area contributed by atoms with Gasteiger partial charge in [-0.25, -0.2) is 9.18 Å². The van der Waals surface area contributed by atoms with E-state index in [0.29, 0.717) is 41.1 Å². The summed E-state index contributed by atoms with van der Waals surface area (Å²) in [5, 5.41) is 13.4. The summed E-state index contributed by atoms with van der Waals surface area (Å²) >= 11 is 0. The molecule has 0 saturated heterocycles. The van der Waals surface area contributed by atoms with Gasteiger partial charge in [-0.05, 0) is 50.2 Å². The number of halogens is 1. The fourth-order valence-corrected chi connectivity index (χ4v) is 5.68. The highest BCUT2D eigenvalue weighted by Crippen LogP contribution is 2.17. The monoisotopic (exact) mass is 593 g/mol. The van der Waals surface area contributed by atoms with Crippen molar-refractivity contribution in [2.75, 3.05) is 27.1 Å². The van der Waals surface area contributed by atoms with Gasteiger partial charge in [0, 0.05) is 16.7 Å². The molecule has 11 heteroatoms. The molecular formula is C31H36FN3O6Si.